The summed E-state index contributed by atoms with van der Waals surface area (Å²) in [5, 5.41) is 11.4. The number of carbonyl (C=O) groups excluding carboxylic acids is 1. The van der Waals surface area contributed by atoms with Crippen LogP contribution in [-0.2, 0) is 9.59 Å². The van der Waals surface area contributed by atoms with Crippen molar-refractivity contribution in [2.75, 3.05) is 13.1 Å². The maximum absolute atomic E-state index is 10.7. The van der Waals surface area contributed by atoms with E-state index in [0.29, 0.717) is 19.5 Å². The summed E-state index contributed by atoms with van der Waals surface area (Å²) in [5.74, 6) is -1.78. The first-order valence-corrected chi connectivity index (χ1v) is 4.67. The van der Waals surface area contributed by atoms with Gasteiger partial charge in [-0.25, -0.2) is 0 Å². The average molecular weight is 218 g/mol. The molecule has 1 unspecified atom stereocenters. The fourth-order valence-electron chi connectivity index (χ4n) is 1.06. The van der Waals surface area contributed by atoms with Crippen LogP contribution in [0, 0.1) is 0 Å². The Bertz CT molecular complexity index is 222. The monoisotopic (exact) mass is 218 g/mol. The number of nitrogens with two attached hydrogens (primary N) is 3. The van der Waals surface area contributed by atoms with E-state index >= 15 is 0 Å². The minimum Gasteiger partial charge on any atom is -0.480 e. The molecule has 0 fully saturated rings. The van der Waals surface area contributed by atoms with Gasteiger partial charge >= 0.3 is 5.97 Å². The number of primary amides is 1. The molecule has 0 aliphatic rings. The Hall–Kier alpha value is -1.18. The van der Waals surface area contributed by atoms with E-state index in [0.717, 1.165) is 0 Å². The van der Waals surface area contributed by atoms with Crippen molar-refractivity contribution >= 4 is 11.9 Å². The second-order valence-electron chi connectivity index (χ2n) is 3.31. The van der Waals surface area contributed by atoms with Gasteiger partial charge in [-0.1, -0.05) is 0 Å². The van der Waals surface area contributed by atoms with Crippen LogP contribution in [0.5, 0.6) is 0 Å². The number of amides is 1. The predicted octanol–water partition coefficient (Wildman–Crippen LogP) is -2.42. The van der Waals surface area contributed by atoms with E-state index in [2.05, 4.69) is 5.32 Å². The van der Waals surface area contributed by atoms with Crippen LogP contribution in [0.4, 0.5) is 0 Å². The zero-order valence-electron chi connectivity index (χ0n) is 8.48. The molecule has 2 atom stereocenters. The maximum Gasteiger partial charge on any atom is 0.321 e. The number of carboxylic acid groups (broad SMARTS) is 1. The predicted molar refractivity (Wildman–Crippen MR) is 54.9 cm³/mol. The molecule has 7 nitrogen and oxygen atoms in total. The van der Waals surface area contributed by atoms with Gasteiger partial charge in [0.05, 0.1) is 6.42 Å². The Morgan fingerprint density at radius 3 is 2.40 bits per heavy atom. The van der Waals surface area contributed by atoms with Crippen molar-refractivity contribution in [2.24, 2.45) is 17.2 Å². The van der Waals surface area contributed by atoms with Crippen molar-refractivity contribution < 1.29 is 14.7 Å². The summed E-state index contributed by atoms with van der Waals surface area (Å²) in [6, 6.07) is -1.20. The van der Waals surface area contributed by atoms with Gasteiger partial charge < -0.3 is 27.6 Å². The van der Waals surface area contributed by atoms with Crippen molar-refractivity contribution in [3.8, 4) is 0 Å². The van der Waals surface area contributed by atoms with Gasteiger partial charge in [0.15, 0.2) is 0 Å². The molecule has 88 valence electrons. The molecule has 0 saturated carbocycles. The Morgan fingerprint density at radius 1 is 1.40 bits per heavy atom. The van der Waals surface area contributed by atoms with E-state index in [1.807, 2.05) is 0 Å². The summed E-state index contributed by atoms with van der Waals surface area (Å²) in [5.41, 5.74) is 15.8. The summed E-state index contributed by atoms with van der Waals surface area (Å²) in [4.78, 5) is 21.2. The van der Waals surface area contributed by atoms with E-state index in [9.17, 15) is 9.59 Å². The zero-order valence-corrected chi connectivity index (χ0v) is 8.48. The summed E-state index contributed by atoms with van der Waals surface area (Å²) in [6.45, 7) is 0.734. The highest BCUT2D eigenvalue weighted by molar-refractivity contribution is 5.83. The molecule has 7 heteroatoms. The van der Waals surface area contributed by atoms with Gasteiger partial charge in [0.2, 0.25) is 5.91 Å². The number of rotatable bonds is 8. The molecule has 0 heterocycles. The average Bonchev–Trinajstić information content (AvgIpc) is 2.11. The molecule has 0 aliphatic heterocycles. The second-order valence-corrected chi connectivity index (χ2v) is 3.31. The van der Waals surface area contributed by atoms with Crippen LogP contribution in [0.2, 0.25) is 0 Å². The Morgan fingerprint density at radius 2 is 2.00 bits per heavy atom. The molecule has 0 radical (unpaired) electrons. The number of hydrogen-bond donors (Lipinski definition) is 5. The van der Waals surface area contributed by atoms with Crippen LogP contribution in [-0.4, -0.2) is 42.2 Å². The highest BCUT2D eigenvalue weighted by Crippen LogP contribution is 1.93. The first-order chi connectivity index (χ1) is 6.97. The smallest absolute Gasteiger partial charge is 0.321 e. The lowest BCUT2D eigenvalue weighted by Gasteiger charge is -2.16. The SMILES string of the molecule is NCCC(N)CN[C@@H](CC(N)=O)C(=O)O. The lowest BCUT2D eigenvalue weighted by Crippen LogP contribution is -2.45. The summed E-state index contributed by atoms with van der Waals surface area (Å²) >= 11 is 0. The summed E-state index contributed by atoms with van der Waals surface area (Å²) in [6.07, 6.45) is 0.348. The quantitative estimate of drug-likeness (QED) is 0.306. The van der Waals surface area contributed by atoms with Gasteiger partial charge in [0.25, 0.3) is 0 Å². The molecule has 0 aromatic carbocycles. The van der Waals surface area contributed by atoms with Crippen molar-refractivity contribution in [2.45, 2.75) is 24.9 Å². The van der Waals surface area contributed by atoms with Gasteiger partial charge in [0.1, 0.15) is 6.04 Å². The van der Waals surface area contributed by atoms with Crippen LogP contribution in [0.15, 0.2) is 0 Å². The fraction of sp³-hybridized carbons (Fsp3) is 0.750. The molecule has 1 amide bonds. The van der Waals surface area contributed by atoms with E-state index in [1.54, 1.807) is 0 Å². The van der Waals surface area contributed by atoms with Crippen molar-refractivity contribution in [3.63, 3.8) is 0 Å². The minimum absolute atomic E-state index is 0.218. The lowest BCUT2D eigenvalue weighted by molar-refractivity contribution is -0.141. The molecule has 0 aliphatic carbocycles. The van der Waals surface area contributed by atoms with Crippen LogP contribution < -0.4 is 22.5 Å². The van der Waals surface area contributed by atoms with E-state index in [1.165, 1.54) is 0 Å². The molecule has 8 N–H and O–H groups in total. The summed E-state index contributed by atoms with van der Waals surface area (Å²) in [7, 11) is 0. The topological polar surface area (TPSA) is 144 Å². The minimum atomic E-state index is -1.12. The molecule has 0 aromatic heterocycles. The van der Waals surface area contributed by atoms with E-state index in [4.69, 9.17) is 22.3 Å². The van der Waals surface area contributed by atoms with Crippen LogP contribution in [0.3, 0.4) is 0 Å². The number of aliphatic carboxylic acids is 1. The number of carbonyl (C=O) groups is 2. The summed E-state index contributed by atoms with van der Waals surface area (Å²) < 4.78 is 0. The normalized spacial score (nSPS) is 14.5. The van der Waals surface area contributed by atoms with Crippen LogP contribution in [0.1, 0.15) is 12.8 Å². The van der Waals surface area contributed by atoms with Crippen molar-refractivity contribution in [1.29, 1.82) is 0 Å². The third-order valence-electron chi connectivity index (χ3n) is 1.87. The van der Waals surface area contributed by atoms with Gasteiger partial charge in [-0.3, -0.25) is 9.59 Å². The maximum atomic E-state index is 10.7. The molecule has 0 spiro atoms. The fourth-order valence-corrected chi connectivity index (χ4v) is 1.06. The third kappa shape index (κ3) is 6.83. The van der Waals surface area contributed by atoms with Crippen LogP contribution >= 0.6 is 0 Å². The molecule has 0 aromatic rings. The van der Waals surface area contributed by atoms with Crippen molar-refractivity contribution in [1.82, 2.24) is 5.32 Å². The Balaban J connectivity index is 3.96. The highest BCUT2D eigenvalue weighted by atomic mass is 16.4. The van der Waals surface area contributed by atoms with Crippen molar-refractivity contribution in [3.05, 3.63) is 0 Å². The highest BCUT2D eigenvalue weighted by Gasteiger charge is 2.19. The number of hydrogen-bond acceptors (Lipinski definition) is 5. The number of carboxylic acids is 1. The van der Waals surface area contributed by atoms with Gasteiger partial charge in [-0.2, -0.15) is 0 Å². The molecule has 15 heavy (non-hydrogen) atoms. The van der Waals surface area contributed by atoms with Gasteiger partial charge in [0, 0.05) is 12.6 Å². The lowest BCUT2D eigenvalue weighted by atomic mass is 10.1. The molecule has 0 saturated heterocycles. The second kappa shape index (κ2) is 7.16. The van der Waals surface area contributed by atoms with E-state index < -0.39 is 17.9 Å². The molecular weight excluding hydrogens is 200 g/mol. The first kappa shape index (κ1) is 13.8. The molecular formula is C8H18N4O3. The third-order valence-corrected chi connectivity index (χ3v) is 1.87. The zero-order chi connectivity index (χ0) is 11.8. The van der Waals surface area contributed by atoms with Gasteiger partial charge in [-0.15, -0.1) is 0 Å². The Kier molecular flexibility index (Phi) is 6.59. The van der Waals surface area contributed by atoms with Gasteiger partial charge in [-0.05, 0) is 13.0 Å². The largest absolute Gasteiger partial charge is 0.480 e. The number of nitrogens with one attached hydrogen (secondary N) is 1. The van der Waals surface area contributed by atoms with E-state index in [-0.39, 0.29) is 12.5 Å². The molecule has 0 bridgehead atoms. The Labute approximate surface area is 88.0 Å². The first-order valence-electron chi connectivity index (χ1n) is 4.67. The standard InChI is InChI=1S/C8H18N4O3/c9-2-1-5(10)4-12-6(8(14)15)3-7(11)13/h5-6,12H,1-4,9-10H2,(H2,11,13)(H,14,15)/t5?,6-/m0/s1. The molecule has 0 rings (SSSR count). The van der Waals surface area contributed by atoms with Crippen LogP contribution in [0.25, 0.3) is 0 Å².